The minimum Gasteiger partial charge on any atom is -0.300 e. The predicted molar refractivity (Wildman–Crippen MR) is 120 cm³/mol. The van der Waals surface area contributed by atoms with Crippen LogP contribution in [0.15, 0.2) is 84.9 Å². The Hall–Kier alpha value is -3.02. The summed E-state index contributed by atoms with van der Waals surface area (Å²) in [6.45, 7) is 3.28. The fourth-order valence-electron chi connectivity index (χ4n) is 4.48. The topological polar surface area (TPSA) is 49.6 Å². The first kappa shape index (κ1) is 20.3. The zero-order valence-electron chi connectivity index (χ0n) is 17.2. The molecule has 30 heavy (non-hydrogen) atoms. The van der Waals surface area contributed by atoms with Gasteiger partial charge in [0.2, 0.25) is 0 Å². The molecule has 0 N–H and O–H groups in total. The van der Waals surface area contributed by atoms with Crippen molar-refractivity contribution in [3.63, 3.8) is 0 Å². The zero-order chi connectivity index (χ0) is 20.9. The highest BCUT2D eigenvalue weighted by atomic mass is 16.6. The minimum absolute atomic E-state index is 0.204. The Kier molecular flexibility index (Phi) is 6.21. The van der Waals surface area contributed by atoms with Crippen molar-refractivity contribution in [2.75, 3.05) is 26.7 Å². The first-order chi connectivity index (χ1) is 14.6. The van der Waals surface area contributed by atoms with Crippen LogP contribution in [-0.4, -0.2) is 47.4 Å². The van der Waals surface area contributed by atoms with Crippen molar-refractivity contribution in [3.05, 3.63) is 112 Å². The standard InChI is InChI=1S/C25H27N3O2/c1-26-16-17-27(18-22-14-8-9-15-23(22)28(29)30)19-24(26)25(20-10-4-2-5-11-20)21-12-6-3-7-13-21/h2-15,24-25H,16-19H2,1H3. The van der Waals surface area contributed by atoms with E-state index < -0.39 is 0 Å². The maximum absolute atomic E-state index is 11.4. The van der Waals surface area contributed by atoms with Crippen LogP contribution >= 0.6 is 0 Å². The first-order valence-electron chi connectivity index (χ1n) is 10.4. The molecule has 0 radical (unpaired) electrons. The SMILES string of the molecule is CN1CCN(Cc2ccccc2[N+](=O)[O-])CC1C(c1ccccc1)c1ccccc1. The molecular formula is C25H27N3O2. The number of para-hydroxylation sites is 1. The summed E-state index contributed by atoms with van der Waals surface area (Å²) in [7, 11) is 2.19. The van der Waals surface area contributed by atoms with Crippen LogP contribution in [0.5, 0.6) is 0 Å². The molecule has 0 amide bonds. The number of nitro groups is 1. The maximum atomic E-state index is 11.4. The Labute approximate surface area is 177 Å². The first-order valence-corrected chi connectivity index (χ1v) is 10.4. The van der Waals surface area contributed by atoms with Gasteiger partial charge in [-0.05, 0) is 18.2 Å². The highest BCUT2D eigenvalue weighted by molar-refractivity contribution is 5.40. The molecule has 4 rings (SSSR count). The summed E-state index contributed by atoms with van der Waals surface area (Å²) in [5, 5.41) is 11.4. The van der Waals surface area contributed by atoms with E-state index in [4.69, 9.17) is 0 Å². The third-order valence-electron chi connectivity index (χ3n) is 6.06. The molecule has 0 aliphatic carbocycles. The Morgan fingerprint density at radius 1 is 0.900 bits per heavy atom. The number of piperazine rings is 1. The quantitative estimate of drug-likeness (QED) is 0.449. The lowest BCUT2D eigenvalue weighted by Gasteiger charge is -2.43. The van der Waals surface area contributed by atoms with E-state index in [2.05, 4.69) is 77.5 Å². The molecule has 1 unspecified atom stereocenters. The van der Waals surface area contributed by atoms with Crippen LogP contribution in [0.25, 0.3) is 0 Å². The van der Waals surface area contributed by atoms with E-state index >= 15 is 0 Å². The fraction of sp³-hybridized carbons (Fsp3) is 0.280. The summed E-state index contributed by atoms with van der Waals surface area (Å²) in [5.74, 6) is 0.242. The second-order valence-electron chi connectivity index (χ2n) is 7.97. The van der Waals surface area contributed by atoms with Gasteiger partial charge < -0.3 is 0 Å². The van der Waals surface area contributed by atoms with E-state index in [1.165, 1.54) is 11.1 Å². The molecule has 0 aromatic heterocycles. The van der Waals surface area contributed by atoms with Crippen LogP contribution in [0.3, 0.4) is 0 Å². The average Bonchev–Trinajstić information content (AvgIpc) is 2.78. The normalized spacial score (nSPS) is 17.9. The summed E-state index contributed by atoms with van der Waals surface area (Å²) >= 11 is 0. The van der Waals surface area contributed by atoms with Gasteiger partial charge in [0.15, 0.2) is 0 Å². The van der Waals surface area contributed by atoms with E-state index in [1.807, 2.05) is 12.1 Å². The number of rotatable bonds is 6. The second-order valence-corrected chi connectivity index (χ2v) is 7.97. The molecule has 1 aliphatic heterocycles. The van der Waals surface area contributed by atoms with E-state index in [0.717, 1.165) is 25.2 Å². The number of hydrogen-bond donors (Lipinski definition) is 0. The highest BCUT2D eigenvalue weighted by Crippen LogP contribution is 2.33. The minimum atomic E-state index is -0.278. The monoisotopic (exact) mass is 401 g/mol. The van der Waals surface area contributed by atoms with Gasteiger partial charge in [0.1, 0.15) is 0 Å². The summed E-state index contributed by atoms with van der Waals surface area (Å²) in [6.07, 6.45) is 0. The van der Waals surface area contributed by atoms with Gasteiger partial charge in [-0.15, -0.1) is 0 Å². The number of hydrogen-bond acceptors (Lipinski definition) is 4. The van der Waals surface area contributed by atoms with Gasteiger partial charge >= 0.3 is 0 Å². The Morgan fingerprint density at radius 2 is 1.47 bits per heavy atom. The molecule has 3 aromatic carbocycles. The van der Waals surface area contributed by atoms with Crippen molar-refractivity contribution in [3.8, 4) is 0 Å². The van der Waals surface area contributed by atoms with Crippen LogP contribution < -0.4 is 0 Å². The summed E-state index contributed by atoms with van der Waals surface area (Å²) in [6, 6.07) is 28.7. The third kappa shape index (κ3) is 4.42. The van der Waals surface area contributed by atoms with Gasteiger partial charge in [-0.25, -0.2) is 0 Å². The summed E-state index contributed by atoms with van der Waals surface area (Å²) < 4.78 is 0. The largest absolute Gasteiger partial charge is 0.300 e. The molecule has 1 aliphatic rings. The second kappa shape index (κ2) is 9.20. The lowest BCUT2D eigenvalue weighted by atomic mass is 9.83. The molecule has 1 atom stereocenters. The van der Waals surface area contributed by atoms with Crippen molar-refractivity contribution in [1.82, 2.24) is 9.80 Å². The molecule has 1 saturated heterocycles. The summed E-state index contributed by atoms with van der Waals surface area (Å²) in [5.41, 5.74) is 3.58. The van der Waals surface area contributed by atoms with Crippen LogP contribution in [0.1, 0.15) is 22.6 Å². The number of likely N-dealkylation sites (N-methyl/N-ethyl adjacent to an activating group) is 1. The molecule has 1 fully saturated rings. The number of nitro benzene ring substituents is 1. The third-order valence-corrected chi connectivity index (χ3v) is 6.06. The van der Waals surface area contributed by atoms with Gasteiger partial charge in [-0.2, -0.15) is 0 Å². The van der Waals surface area contributed by atoms with Gasteiger partial charge in [-0.1, -0.05) is 78.9 Å². The van der Waals surface area contributed by atoms with Gasteiger partial charge in [0, 0.05) is 49.8 Å². The van der Waals surface area contributed by atoms with Crippen LogP contribution in [0.4, 0.5) is 5.69 Å². The lowest BCUT2D eigenvalue weighted by Crippen LogP contribution is -2.53. The lowest BCUT2D eigenvalue weighted by molar-refractivity contribution is -0.385. The van der Waals surface area contributed by atoms with Gasteiger partial charge in [0.05, 0.1) is 4.92 Å². The molecule has 5 nitrogen and oxygen atoms in total. The molecule has 3 aromatic rings. The molecule has 154 valence electrons. The number of nitrogens with zero attached hydrogens (tertiary/aromatic N) is 3. The predicted octanol–water partition coefficient (Wildman–Crippen LogP) is 4.54. The molecule has 0 spiro atoms. The van der Waals surface area contributed by atoms with Crippen molar-refractivity contribution in [2.45, 2.75) is 18.5 Å². The van der Waals surface area contributed by atoms with E-state index in [-0.39, 0.29) is 22.6 Å². The van der Waals surface area contributed by atoms with E-state index in [1.54, 1.807) is 12.1 Å². The summed E-state index contributed by atoms with van der Waals surface area (Å²) in [4.78, 5) is 15.9. The Balaban J connectivity index is 1.62. The molecule has 0 saturated carbocycles. The van der Waals surface area contributed by atoms with Gasteiger partial charge in [-0.3, -0.25) is 19.9 Å². The van der Waals surface area contributed by atoms with Crippen molar-refractivity contribution in [2.24, 2.45) is 0 Å². The molecular weight excluding hydrogens is 374 g/mol. The number of benzene rings is 3. The molecule has 1 heterocycles. The van der Waals surface area contributed by atoms with Crippen LogP contribution in [0, 0.1) is 10.1 Å². The van der Waals surface area contributed by atoms with Crippen molar-refractivity contribution < 1.29 is 4.92 Å². The zero-order valence-corrected chi connectivity index (χ0v) is 17.2. The fourth-order valence-corrected chi connectivity index (χ4v) is 4.48. The Bertz CT molecular complexity index is 938. The average molecular weight is 402 g/mol. The highest BCUT2D eigenvalue weighted by Gasteiger charge is 2.33. The maximum Gasteiger partial charge on any atom is 0.273 e. The molecule has 0 bridgehead atoms. The van der Waals surface area contributed by atoms with Crippen LogP contribution in [-0.2, 0) is 6.54 Å². The van der Waals surface area contributed by atoms with Crippen molar-refractivity contribution in [1.29, 1.82) is 0 Å². The van der Waals surface area contributed by atoms with E-state index in [9.17, 15) is 10.1 Å². The van der Waals surface area contributed by atoms with E-state index in [0.29, 0.717) is 6.54 Å². The van der Waals surface area contributed by atoms with Crippen molar-refractivity contribution >= 4 is 5.69 Å². The smallest absolute Gasteiger partial charge is 0.273 e. The molecule has 5 heteroatoms. The van der Waals surface area contributed by atoms with Crippen LogP contribution in [0.2, 0.25) is 0 Å². The van der Waals surface area contributed by atoms with Gasteiger partial charge in [0.25, 0.3) is 5.69 Å². The Morgan fingerprint density at radius 3 is 2.07 bits per heavy atom.